The van der Waals surface area contributed by atoms with Crippen LogP contribution in [0.3, 0.4) is 0 Å². The van der Waals surface area contributed by atoms with Gasteiger partial charge in [-0.05, 0) is 6.07 Å². The number of H-pyrrole nitrogens is 1. The fourth-order valence-electron chi connectivity index (χ4n) is 1.01. The molecule has 1 aromatic heterocycles. The van der Waals surface area contributed by atoms with Crippen LogP contribution in [0.15, 0.2) is 28.0 Å². The number of aliphatic carboxylic acids is 1. The number of aromatic nitrogens is 1. The van der Waals surface area contributed by atoms with E-state index in [0.717, 1.165) is 25.4 Å². The molecule has 1 aromatic rings. The van der Waals surface area contributed by atoms with Crippen molar-refractivity contribution >= 4 is 16.0 Å². The van der Waals surface area contributed by atoms with Gasteiger partial charge in [-0.25, -0.2) is 8.42 Å². The molecular formula is C8H10N2O5S. The van der Waals surface area contributed by atoms with Crippen molar-refractivity contribution in [3.8, 4) is 0 Å². The summed E-state index contributed by atoms with van der Waals surface area (Å²) in [6.07, 6.45) is 1.02. The molecule has 1 heterocycles. The Bertz CT molecular complexity index is 527. The molecule has 0 saturated carbocycles. The summed E-state index contributed by atoms with van der Waals surface area (Å²) in [5, 5.41) is 8.47. The Hall–Kier alpha value is -1.67. The lowest BCUT2D eigenvalue weighted by atomic mass is 10.5. The minimum atomic E-state index is -3.87. The molecule has 0 spiro atoms. The minimum absolute atomic E-state index is 0.157. The van der Waals surface area contributed by atoms with Crippen molar-refractivity contribution in [3.05, 3.63) is 28.7 Å². The van der Waals surface area contributed by atoms with Crippen molar-refractivity contribution in [3.63, 3.8) is 0 Å². The van der Waals surface area contributed by atoms with Gasteiger partial charge in [-0.2, -0.15) is 4.31 Å². The van der Waals surface area contributed by atoms with Crippen molar-refractivity contribution in [1.29, 1.82) is 0 Å². The first kappa shape index (κ1) is 12.4. The molecule has 0 aliphatic heterocycles. The highest BCUT2D eigenvalue weighted by atomic mass is 32.2. The molecule has 8 heteroatoms. The molecule has 0 amide bonds. The van der Waals surface area contributed by atoms with E-state index in [1.165, 1.54) is 0 Å². The van der Waals surface area contributed by atoms with Gasteiger partial charge < -0.3 is 10.1 Å². The van der Waals surface area contributed by atoms with Gasteiger partial charge in [0, 0.05) is 19.3 Å². The van der Waals surface area contributed by atoms with Crippen molar-refractivity contribution in [1.82, 2.24) is 9.29 Å². The van der Waals surface area contributed by atoms with Crippen LogP contribution in [0.4, 0.5) is 0 Å². The predicted octanol–water partition coefficient (Wildman–Crippen LogP) is -0.920. The average molecular weight is 246 g/mol. The van der Waals surface area contributed by atoms with Gasteiger partial charge in [-0.15, -0.1) is 0 Å². The van der Waals surface area contributed by atoms with Crippen LogP contribution in [0.25, 0.3) is 0 Å². The molecule has 1 rings (SSSR count). The molecule has 0 saturated heterocycles. The van der Waals surface area contributed by atoms with Crippen molar-refractivity contribution in [2.45, 2.75) is 4.90 Å². The van der Waals surface area contributed by atoms with Gasteiger partial charge in [0.2, 0.25) is 15.6 Å². The smallest absolute Gasteiger partial charge is 0.318 e. The van der Waals surface area contributed by atoms with E-state index in [1.807, 2.05) is 0 Å². The molecule has 16 heavy (non-hydrogen) atoms. The SMILES string of the molecule is CN(CC(=O)O)S(=O)(=O)c1ccc(=O)[nH]c1. The monoisotopic (exact) mass is 246 g/mol. The Morgan fingerprint density at radius 2 is 2.12 bits per heavy atom. The quantitative estimate of drug-likeness (QED) is 0.714. The van der Waals surface area contributed by atoms with E-state index >= 15 is 0 Å². The van der Waals surface area contributed by atoms with E-state index in [2.05, 4.69) is 4.98 Å². The zero-order chi connectivity index (χ0) is 12.3. The van der Waals surface area contributed by atoms with Gasteiger partial charge >= 0.3 is 5.97 Å². The molecule has 7 nitrogen and oxygen atoms in total. The summed E-state index contributed by atoms with van der Waals surface area (Å²) >= 11 is 0. The molecular weight excluding hydrogens is 236 g/mol. The number of carboxylic acids is 1. The number of sulfonamides is 1. The number of nitrogens with one attached hydrogen (secondary N) is 1. The third-order valence-electron chi connectivity index (χ3n) is 1.82. The number of carbonyl (C=O) groups is 1. The van der Waals surface area contributed by atoms with Gasteiger partial charge in [0.25, 0.3) is 0 Å². The van der Waals surface area contributed by atoms with Crippen LogP contribution < -0.4 is 5.56 Å². The Balaban J connectivity index is 3.06. The van der Waals surface area contributed by atoms with Crippen LogP contribution >= 0.6 is 0 Å². The van der Waals surface area contributed by atoms with Gasteiger partial charge in [0.15, 0.2) is 0 Å². The molecule has 0 radical (unpaired) electrons. The summed E-state index contributed by atoms with van der Waals surface area (Å²) in [5.74, 6) is -1.25. The summed E-state index contributed by atoms with van der Waals surface area (Å²) in [5.41, 5.74) is -0.431. The fourth-order valence-corrected chi connectivity index (χ4v) is 2.10. The van der Waals surface area contributed by atoms with Crippen LogP contribution in [-0.4, -0.2) is 42.4 Å². The third-order valence-corrected chi connectivity index (χ3v) is 3.62. The summed E-state index contributed by atoms with van der Waals surface area (Å²) in [6, 6.07) is 2.17. The van der Waals surface area contributed by atoms with Crippen LogP contribution in [0.5, 0.6) is 0 Å². The van der Waals surface area contributed by atoms with Crippen molar-refractivity contribution < 1.29 is 18.3 Å². The zero-order valence-corrected chi connectivity index (χ0v) is 9.19. The summed E-state index contributed by atoms with van der Waals surface area (Å²) in [7, 11) is -2.72. The molecule has 0 atom stereocenters. The lowest BCUT2D eigenvalue weighted by molar-refractivity contribution is -0.137. The van der Waals surface area contributed by atoms with E-state index in [1.54, 1.807) is 0 Å². The highest BCUT2D eigenvalue weighted by molar-refractivity contribution is 7.89. The van der Waals surface area contributed by atoms with E-state index in [0.29, 0.717) is 4.31 Å². The Morgan fingerprint density at radius 3 is 2.56 bits per heavy atom. The maximum Gasteiger partial charge on any atom is 0.318 e. The number of hydrogen-bond donors (Lipinski definition) is 2. The highest BCUT2D eigenvalue weighted by Crippen LogP contribution is 2.10. The topological polar surface area (TPSA) is 108 Å². The molecule has 2 N–H and O–H groups in total. The predicted molar refractivity (Wildman–Crippen MR) is 54.5 cm³/mol. The van der Waals surface area contributed by atoms with Gasteiger partial charge in [-0.1, -0.05) is 0 Å². The number of likely N-dealkylation sites (N-methyl/N-ethyl adjacent to an activating group) is 1. The number of aromatic amines is 1. The lowest BCUT2D eigenvalue weighted by Gasteiger charge is -2.14. The van der Waals surface area contributed by atoms with Crippen molar-refractivity contribution in [2.75, 3.05) is 13.6 Å². The maximum absolute atomic E-state index is 11.7. The second kappa shape index (κ2) is 4.45. The Morgan fingerprint density at radius 1 is 1.50 bits per heavy atom. The Labute approximate surface area is 91.4 Å². The van der Waals surface area contributed by atoms with Crippen LogP contribution in [0.2, 0.25) is 0 Å². The summed E-state index contributed by atoms with van der Waals surface area (Å²) in [6.45, 7) is -0.637. The number of nitrogens with zero attached hydrogens (tertiary/aromatic N) is 1. The third kappa shape index (κ3) is 2.67. The number of hydrogen-bond acceptors (Lipinski definition) is 4. The summed E-state index contributed by atoms with van der Waals surface area (Å²) < 4.78 is 24.1. The highest BCUT2D eigenvalue weighted by Gasteiger charge is 2.22. The van der Waals surface area contributed by atoms with Gasteiger partial charge in [0.05, 0.1) is 4.90 Å². The van der Waals surface area contributed by atoms with E-state index in [9.17, 15) is 18.0 Å². The van der Waals surface area contributed by atoms with Crippen LogP contribution in [0.1, 0.15) is 0 Å². The molecule has 0 aliphatic carbocycles. The molecule has 0 bridgehead atoms. The first-order valence-corrected chi connectivity index (χ1v) is 5.65. The summed E-state index contributed by atoms with van der Waals surface area (Å²) in [4.78, 5) is 23.2. The molecule has 0 aromatic carbocycles. The average Bonchev–Trinajstić information content (AvgIpc) is 2.17. The standard InChI is InChI=1S/C8H10N2O5S/c1-10(5-8(12)13)16(14,15)6-2-3-7(11)9-4-6/h2-4H,5H2,1H3,(H,9,11)(H,12,13). The normalized spacial score (nSPS) is 11.6. The first-order chi connectivity index (χ1) is 7.34. The van der Waals surface area contributed by atoms with Crippen molar-refractivity contribution in [2.24, 2.45) is 0 Å². The van der Waals surface area contributed by atoms with Crippen LogP contribution in [-0.2, 0) is 14.8 Å². The van der Waals surface area contributed by atoms with E-state index in [-0.39, 0.29) is 4.90 Å². The van der Waals surface area contributed by atoms with Gasteiger partial charge in [-0.3, -0.25) is 9.59 Å². The van der Waals surface area contributed by atoms with Crippen LogP contribution in [0, 0.1) is 0 Å². The molecule has 0 unspecified atom stereocenters. The number of carboxylic acid groups (broad SMARTS) is 1. The maximum atomic E-state index is 11.7. The second-order valence-corrected chi connectivity index (χ2v) is 5.09. The largest absolute Gasteiger partial charge is 0.480 e. The molecule has 0 fully saturated rings. The Kier molecular flexibility index (Phi) is 3.45. The molecule has 88 valence electrons. The number of pyridine rings is 1. The molecule has 0 aliphatic rings. The number of rotatable bonds is 4. The van der Waals surface area contributed by atoms with E-state index < -0.39 is 28.1 Å². The first-order valence-electron chi connectivity index (χ1n) is 4.21. The zero-order valence-electron chi connectivity index (χ0n) is 8.37. The fraction of sp³-hybridized carbons (Fsp3) is 0.250. The van der Waals surface area contributed by atoms with E-state index in [4.69, 9.17) is 5.11 Å². The second-order valence-electron chi connectivity index (χ2n) is 3.04. The lowest BCUT2D eigenvalue weighted by Crippen LogP contribution is -2.32. The van der Waals surface area contributed by atoms with Gasteiger partial charge in [0.1, 0.15) is 6.54 Å². The minimum Gasteiger partial charge on any atom is -0.480 e.